The van der Waals surface area contributed by atoms with Gasteiger partial charge in [0.25, 0.3) is 0 Å². The standard InChI is InChI=1S/C14H13N3O3S/c15-14(18)17-16-10-11-6-4-5-9-13(11)21(19,20)12-7-2-1-3-8-12/h1-10H,(H3,15,17,18). The SMILES string of the molecule is NC(=O)NN=Cc1ccccc1S(=O)(=O)c1ccccc1. The lowest BCUT2D eigenvalue weighted by molar-refractivity contribution is 0.249. The molecule has 0 saturated carbocycles. The van der Waals surface area contributed by atoms with Crippen molar-refractivity contribution in [3.63, 3.8) is 0 Å². The van der Waals surface area contributed by atoms with E-state index >= 15 is 0 Å². The summed E-state index contributed by atoms with van der Waals surface area (Å²) in [5, 5.41) is 3.59. The van der Waals surface area contributed by atoms with E-state index in [0.717, 1.165) is 0 Å². The van der Waals surface area contributed by atoms with Gasteiger partial charge in [0.1, 0.15) is 0 Å². The van der Waals surface area contributed by atoms with E-state index in [2.05, 4.69) is 5.10 Å². The van der Waals surface area contributed by atoms with Crippen LogP contribution in [0.4, 0.5) is 4.79 Å². The van der Waals surface area contributed by atoms with Crippen LogP contribution in [0, 0.1) is 0 Å². The summed E-state index contributed by atoms with van der Waals surface area (Å²) in [5.41, 5.74) is 7.27. The second-order valence-corrected chi connectivity index (χ2v) is 6.01. The van der Waals surface area contributed by atoms with Crippen molar-refractivity contribution in [1.82, 2.24) is 5.43 Å². The van der Waals surface area contributed by atoms with Crippen molar-refractivity contribution >= 4 is 22.1 Å². The van der Waals surface area contributed by atoms with Gasteiger partial charge in [-0.25, -0.2) is 18.6 Å². The maximum atomic E-state index is 12.6. The number of amides is 2. The molecule has 2 amide bonds. The van der Waals surface area contributed by atoms with Crippen LogP contribution in [-0.2, 0) is 9.84 Å². The van der Waals surface area contributed by atoms with E-state index in [1.165, 1.54) is 24.4 Å². The van der Waals surface area contributed by atoms with E-state index in [-0.39, 0.29) is 9.79 Å². The number of rotatable bonds is 4. The van der Waals surface area contributed by atoms with Gasteiger partial charge in [0, 0.05) is 5.56 Å². The molecule has 21 heavy (non-hydrogen) atoms. The van der Waals surface area contributed by atoms with Crippen LogP contribution in [0.5, 0.6) is 0 Å². The summed E-state index contributed by atoms with van der Waals surface area (Å²) in [6.45, 7) is 0. The predicted molar refractivity (Wildman–Crippen MR) is 78.6 cm³/mol. The lowest BCUT2D eigenvalue weighted by Crippen LogP contribution is -2.24. The second-order valence-electron chi connectivity index (χ2n) is 4.09. The first-order chi connectivity index (χ1) is 10.0. The van der Waals surface area contributed by atoms with Crippen molar-refractivity contribution < 1.29 is 13.2 Å². The van der Waals surface area contributed by atoms with E-state index < -0.39 is 15.9 Å². The smallest absolute Gasteiger partial charge is 0.332 e. The fraction of sp³-hybridized carbons (Fsp3) is 0. The van der Waals surface area contributed by atoms with Gasteiger partial charge in [-0.05, 0) is 18.2 Å². The number of hydrogen-bond acceptors (Lipinski definition) is 4. The molecule has 3 N–H and O–H groups in total. The summed E-state index contributed by atoms with van der Waals surface area (Å²) >= 11 is 0. The Hall–Kier alpha value is -2.67. The molecule has 2 aromatic rings. The van der Waals surface area contributed by atoms with E-state index in [1.807, 2.05) is 5.43 Å². The second kappa shape index (κ2) is 6.19. The number of nitrogens with two attached hydrogens (primary N) is 1. The van der Waals surface area contributed by atoms with Crippen molar-refractivity contribution in [1.29, 1.82) is 0 Å². The van der Waals surface area contributed by atoms with E-state index in [4.69, 9.17) is 5.73 Å². The quantitative estimate of drug-likeness (QED) is 0.661. The number of carbonyl (C=O) groups is 1. The molecule has 0 bridgehead atoms. The average molecular weight is 303 g/mol. The number of hydrogen-bond donors (Lipinski definition) is 2. The number of benzene rings is 2. The van der Waals surface area contributed by atoms with E-state index in [0.29, 0.717) is 5.56 Å². The molecular formula is C14H13N3O3S. The summed E-state index contributed by atoms with van der Waals surface area (Å²) in [4.78, 5) is 10.9. The fourth-order valence-corrected chi connectivity index (χ4v) is 3.18. The first-order valence-electron chi connectivity index (χ1n) is 5.99. The molecule has 7 heteroatoms. The van der Waals surface area contributed by atoms with Crippen LogP contribution in [0.1, 0.15) is 5.56 Å². The van der Waals surface area contributed by atoms with Crippen LogP contribution in [0.25, 0.3) is 0 Å². The van der Waals surface area contributed by atoms with Crippen molar-refractivity contribution in [2.75, 3.05) is 0 Å². The molecule has 6 nitrogen and oxygen atoms in total. The monoisotopic (exact) mass is 303 g/mol. The molecule has 2 aromatic carbocycles. The van der Waals surface area contributed by atoms with Gasteiger partial charge in [0.2, 0.25) is 9.84 Å². The first kappa shape index (κ1) is 14.7. The van der Waals surface area contributed by atoms with Crippen LogP contribution in [0.15, 0.2) is 69.5 Å². The summed E-state index contributed by atoms with van der Waals surface area (Å²) < 4.78 is 25.2. The van der Waals surface area contributed by atoms with Crippen molar-refractivity contribution in [3.05, 3.63) is 60.2 Å². The molecule has 0 aliphatic carbocycles. The Morgan fingerprint density at radius 1 is 1.05 bits per heavy atom. The summed E-state index contributed by atoms with van der Waals surface area (Å²) in [6, 6.07) is 13.6. The van der Waals surface area contributed by atoms with Crippen LogP contribution in [0.3, 0.4) is 0 Å². The molecule has 0 spiro atoms. The molecule has 2 rings (SSSR count). The van der Waals surface area contributed by atoms with Gasteiger partial charge in [-0.2, -0.15) is 5.10 Å². The highest BCUT2D eigenvalue weighted by atomic mass is 32.2. The highest BCUT2D eigenvalue weighted by molar-refractivity contribution is 7.91. The van der Waals surface area contributed by atoms with Gasteiger partial charge in [-0.3, -0.25) is 0 Å². The van der Waals surface area contributed by atoms with Crippen LogP contribution in [-0.4, -0.2) is 20.7 Å². The zero-order valence-electron chi connectivity index (χ0n) is 10.9. The van der Waals surface area contributed by atoms with Gasteiger partial charge in [-0.1, -0.05) is 36.4 Å². The molecule has 0 radical (unpaired) electrons. The number of nitrogens with one attached hydrogen (secondary N) is 1. The van der Waals surface area contributed by atoms with Crippen LogP contribution >= 0.6 is 0 Å². The molecular weight excluding hydrogens is 290 g/mol. The Bertz CT molecular complexity index is 771. The third kappa shape index (κ3) is 3.46. The fourth-order valence-electron chi connectivity index (χ4n) is 1.72. The van der Waals surface area contributed by atoms with Gasteiger partial charge < -0.3 is 5.73 Å². The third-order valence-corrected chi connectivity index (χ3v) is 4.48. The summed E-state index contributed by atoms with van der Waals surface area (Å²) in [6.07, 6.45) is 1.24. The number of sulfone groups is 1. The first-order valence-corrected chi connectivity index (χ1v) is 7.48. The number of hydrazone groups is 1. The van der Waals surface area contributed by atoms with E-state index in [1.54, 1.807) is 36.4 Å². The van der Waals surface area contributed by atoms with Gasteiger partial charge in [0.05, 0.1) is 16.0 Å². The van der Waals surface area contributed by atoms with Crippen LogP contribution < -0.4 is 11.2 Å². The number of carbonyl (C=O) groups excluding carboxylic acids is 1. The van der Waals surface area contributed by atoms with E-state index in [9.17, 15) is 13.2 Å². The average Bonchev–Trinajstić information content (AvgIpc) is 2.48. The Kier molecular flexibility index (Phi) is 4.34. The molecule has 0 aliphatic rings. The zero-order chi connectivity index (χ0) is 15.3. The molecule has 0 unspecified atom stereocenters. The minimum Gasteiger partial charge on any atom is -0.350 e. The highest BCUT2D eigenvalue weighted by Gasteiger charge is 2.19. The molecule has 0 fully saturated rings. The minimum atomic E-state index is -3.66. The predicted octanol–water partition coefficient (Wildman–Crippen LogP) is 1.52. The normalized spacial score (nSPS) is 11.4. The highest BCUT2D eigenvalue weighted by Crippen LogP contribution is 2.22. The Morgan fingerprint density at radius 3 is 2.33 bits per heavy atom. The molecule has 0 heterocycles. The molecule has 0 aliphatic heterocycles. The maximum absolute atomic E-state index is 12.6. The lowest BCUT2D eigenvalue weighted by Gasteiger charge is -2.07. The van der Waals surface area contributed by atoms with Crippen LogP contribution in [0.2, 0.25) is 0 Å². The maximum Gasteiger partial charge on any atom is 0.332 e. The Morgan fingerprint density at radius 2 is 1.67 bits per heavy atom. The molecule has 0 atom stereocenters. The number of primary amides is 1. The topological polar surface area (TPSA) is 102 Å². The number of urea groups is 1. The lowest BCUT2D eigenvalue weighted by atomic mass is 10.2. The van der Waals surface area contributed by atoms with Gasteiger partial charge in [0.15, 0.2) is 0 Å². The van der Waals surface area contributed by atoms with Gasteiger partial charge in [-0.15, -0.1) is 0 Å². The third-order valence-electron chi connectivity index (χ3n) is 2.64. The molecule has 108 valence electrons. The van der Waals surface area contributed by atoms with Gasteiger partial charge >= 0.3 is 6.03 Å². The molecule has 0 aromatic heterocycles. The molecule has 0 saturated heterocycles. The minimum absolute atomic E-state index is 0.103. The van der Waals surface area contributed by atoms with Crippen molar-refractivity contribution in [3.8, 4) is 0 Å². The Labute approximate surface area is 122 Å². The Balaban J connectivity index is 2.45. The summed E-state index contributed by atoms with van der Waals surface area (Å²) in [7, 11) is -3.66. The zero-order valence-corrected chi connectivity index (χ0v) is 11.7. The summed E-state index contributed by atoms with van der Waals surface area (Å²) in [5.74, 6) is 0. The van der Waals surface area contributed by atoms with Crippen molar-refractivity contribution in [2.24, 2.45) is 10.8 Å². The largest absolute Gasteiger partial charge is 0.350 e. The number of nitrogens with zero attached hydrogens (tertiary/aromatic N) is 1. The van der Waals surface area contributed by atoms with Crippen molar-refractivity contribution in [2.45, 2.75) is 9.79 Å².